The number of pyridine rings is 1. The van der Waals surface area contributed by atoms with Gasteiger partial charge in [-0.05, 0) is 36.8 Å². The minimum atomic E-state index is 0.978. The van der Waals surface area contributed by atoms with E-state index in [0.717, 1.165) is 44.7 Å². The highest BCUT2D eigenvalue weighted by atomic mass is 14.8. The van der Waals surface area contributed by atoms with Crippen molar-refractivity contribution in [3.05, 3.63) is 95.6 Å². The second-order valence-electron chi connectivity index (χ2n) is 6.42. The lowest BCUT2D eigenvalue weighted by atomic mass is 10.1. The van der Waals surface area contributed by atoms with Crippen molar-refractivity contribution in [2.45, 2.75) is 6.92 Å². The summed E-state index contributed by atoms with van der Waals surface area (Å²) < 4.78 is 0. The zero-order valence-corrected chi connectivity index (χ0v) is 13.9. The third kappa shape index (κ3) is 2.26. The van der Waals surface area contributed by atoms with Gasteiger partial charge in [-0.3, -0.25) is 0 Å². The molecule has 1 aromatic heterocycles. The molecule has 118 valence electrons. The van der Waals surface area contributed by atoms with Crippen LogP contribution in [0.25, 0.3) is 22.2 Å². The van der Waals surface area contributed by atoms with Crippen molar-refractivity contribution >= 4 is 22.3 Å². The fourth-order valence-electron chi connectivity index (χ4n) is 3.49. The third-order valence-electron chi connectivity index (χ3n) is 4.66. The molecule has 2 nitrogen and oxygen atoms in total. The number of rotatable bonds is 1. The predicted octanol–water partition coefficient (Wildman–Crippen LogP) is 5.69. The molecule has 0 aliphatic heterocycles. The normalized spacial score (nSPS) is 13.9. The van der Waals surface area contributed by atoms with Gasteiger partial charge >= 0.3 is 0 Å². The Morgan fingerprint density at radius 2 is 1.52 bits per heavy atom. The third-order valence-corrected chi connectivity index (χ3v) is 4.66. The van der Waals surface area contributed by atoms with Crippen molar-refractivity contribution in [2.75, 3.05) is 0 Å². The quantitative estimate of drug-likeness (QED) is 0.389. The first-order chi connectivity index (χ1) is 12.3. The van der Waals surface area contributed by atoms with E-state index < -0.39 is 0 Å². The van der Waals surface area contributed by atoms with Gasteiger partial charge in [-0.2, -0.15) is 0 Å². The number of hydrogen-bond acceptors (Lipinski definition) is 2. The summed E-state index contributed by atoms with van der Waals surface area (Å²) in [6, 6.07) is 27.2. The largest absolute Gasteiger partial charge is 0.248 e. The number of aryl methyl sites for hydroxylation is 1. The molecular weight excluding hydrogens is 304 g/mol. The standard InChI is InChI=1S/C23H16N2/c1-15-7-6-9-17(13-15)24-22-18-10-3-4-11-19(18)23-20(22)14-16-8-2-5-12-21(16)25-23/h2-14H,1H3. The molecule has 3 aromatic carbocycles. The zero-order valence-electron chi connectivity index (χ0n) is 13.9. The van der Waals surface area contributed by atoms with Gasteiger partial charge in [0.1, 0.15) is 0 Å². The van der Waals surface area contributed by atoms with Crippen LogP contribution in [0.1, 0.15) is 16.7 Å². The van der Waals surface area contributed by atoms with Gasteiger partial charge in [0.25, 0.3) is 0 Å². The molecule has 0 unspecified atom stereocenters. The van der Waals surface area contributed by atoms with Crippen LogP contribution in [0, 0.1) is 6.92 Å². The van der Waals surface area contributed by atoms with E-state index in [1.807, 2.05) is 6.07 Å². The first kappa shape index (κ1) is 14.1. The maximum absolute atomic E-state index is 4.99. The monoisotopic (exact) mass is 320 g/mol. The summed E-state index contributed by atoms with van der Waals surface area (Å²) in [5.74, 6) is 0. The maximum Gasteiger partial charge on any atom is 0.0810 e. The van der Waals surface area contributed by atoms with Crippen LogP contribution in [-0.2, 0) is 0 Å². The summed E-state index contributed by atoms with van der Waals surface area (Å²) >= 11 is 0. The lowest BCUT2D eigenvalue weighted by Gasteiger charge is -2.04. The van der Waals surface area contributed by atoms with Gasteiger partial charge in [0.05, 0.1) is 22.6 Å². The Kier molecular flexibility index (Phi) is 3.04. The second-order valence-corrected chi connectivity index (χ2v) is 6.42. The molecule has 0 N–H and O–H groups in total. The summed E-state index contributed by atoms with van der Waals surface area (Å²) in [6.07, 6.45) is 0. The molecular formula is C23H16N2. The Labute approximate surface area is 146 Å². The molecule has 4 aromatic rings. The summed E-state index contributed by atoms with van der Waals surface area (Å²) in [7, 11) is 0. The average Bonchev–Trinajstić information content (AvgIpc) is 2.93. The minimum absolute atomic E-state index is 0.978. The van der Waals surface area contributed by atoms with Gasteiger partial charge in [-0.15, -0.1) is 0 Å². The van der Waals surface area contributed by atoms with E-state index >= 15 is 0 Å². The highest BCUT2D eigenvalue weighted by Crippen LogP contribution is 2.38. The first-order valence-corrected chi connectivity index (χ1v) is 8.45. The van der Waals surface area contributed by atoms with Crippen LogP contribution in [0.2, 0.25) is 0 Å². The van der Waals surface area contributed by atoms with Crippen molar-refractivity contribution in [3.8, 4) is 11.3 Å². The van der Waals surface area contributed by atoms with E-state index in [2.05, 4.69) is 79.7 Å². The Morgan fingerprint density at radius 1 is 0.720 bits per heavy atom. The number of para-hydroxylation sites is 1. The minimum Gasteiger partial charge on any atom is -0.248 e. The molecule has 2 heteroatoms. The molecule has 0 saturated carbocycles. The Hall–Kier alpha value is -3.26. The van der Waals surface area contributed by atoms with Crippen LogP contribution in [0.5, 0.6) is 0 Å². The van der Waals surface area contributed by atoms with Crippen molar-refractivity contribution in [2.24, 2.45) is 4.99 Å². The molecule has 25 heavy (non-hydrogen) atoms. The molecule has 0 bridgehead atoms. The topological polar surface area (TPSA) is 25.2 Å². The molecule has 1 heterocycles. The Bertz CT molecular complexity index is 1160. The van der Waals surface area contributed by atoms with E-state index in [1.54, 1.807) is 0 Å². The average molecular weight is 320 g/mol. The SMILES string of the molecule is Cc1cccc(N=C2c3ccccc3-c3nc4ccccc4cc32)c1. The van der Waals surface area contributed by atoms with Crippen LogP contribution in [0.15, 0.2) is 83.9 Å². The second kappa shape index (κ2) is 5.38. The van der Waals surface area contributed by atoms with E-state index in [9.17, 15) is 0 Å². The van der Waals surface area contributed by atoms with Gasteiger partial charge in [0.2, 0.25) is 0 Å². The molecule has 0 saturated heterocycles. The molecule has 0 fully saturated rings. The van der Waals surface area contributed by atoms with Gasteiger partial charge in [-0.1, -0.05) is 54.6 Å². The summed E-state index contributed by atoms with van der Waals surface area (Å²) in [6.45, 7) is 2.09. The van der Waals surface area contributed by atoms with E-state index in [4.69, 9.17) is 9.98 Å². The highest BCUT2D eigenvalue weighted by molar-refractivity contribution is 6.25. The molecule has 0 amide bonds. The zero-order chi connectivity index (χ0) is 16.8. The summed E-state index contributed by atoms with van der Waals surface area (Å²) in [5.41, 5.74) is 8.68. The van der Waals surface area contributed by atoms with Crippen molar-refractivity contribution in [1.29, 1.82) is 0 Å². The predicted molar refractivity (Wildman–Crippen MR) is 104 cm³/mol. The first-order valence-electron chi connectivity index (χ1n) is 8.45. The molecule has 0 spiro atoms. The number of aromatic nitrogens is 1. The number of hydrogen-bond donors (Lipinski definition) is 0. The van der Waals surface area contributed by atoms with Crippen LogP contribution < -0.4 is 0 Å². The Balaban J connectivity index is 1.82. The van der Waals surface area contributed by atoms with Crippen molar-refractivity contribution in [1.82, 2.24) is 4.98 Å². The number of nitrogens with zero attached hydrogens (tertiary/aromatic N) is 2. The van der Waals surface area contributed by atoms with Crippen LogP contribution in [0.3, 0.4) is 0 Å². The van der Waals surface area contributed by atoms with Crippen LogP contribution >= 0.6 is 0 Å². The molecule has 5 rings (SSSR count). The Morgan fingerprint density at radius 3 is 2.40 bits per heavy atom. The maximum atomic E-state index is 4.99. The van der Waals surface area contributed by atoms with Crippen LogP contribution in [0.4, 0.5) is 5.69 Å². The van der Waals surface area contributed by atoms with Gasteiger partial charge in [-0.25, -0.2) is 9.98 Å². The smallest absolute Gasteiger partial charge is 0.0810 e. The van der Waals surface area contributed by atoms with E-state index in [0.29, 0.717) is 0 Å². The summed E-state index contributed by atoms with van der Waals surface area (Å²) in [4.78, 5) is 9.91. The number of benzene rings is 3. The lowest BCUT2D eigenvalue weighted by molar-refractivity contribution is 1.40. The molecule has 0 atom stereocenters. The van der Waals surface area contributed by atoms with Gasteiger partial charge in [0, 0.05) is 22.1 Å². The van der Waals surface area contributed by atoms with Crippen LogP contribution in [-0.4, -0.2) is 10.7 Å². The molecule has 1 aliphatic carbocycles. The highest BCUT2D eigenvalue weighted by Gasteiger charge is 2.26. The van der Waals surface area contributed by atoms with E-state index in [-0.39, 0.29) is 0 Å². The van der Waals surface area contributed by atoms with E-state index in [1.165, 1.54) is 5.56 Å². The number of aliphatic imine (C=N–C) groups is 1. The molecule has 1 aliphatic rings. The van der Waals surface area contributed by atoms with Crippen molar-refractivity contribution in [3.63, 3.8) is 0 Å². The molecule has 0 radical (unpaired) electrons. The fraction of sp³-hybridized carbons (Fsp3) is 0.0435. The van der Waals surface area contributed by atoms with Crippen molar-refractivity contribution < 1.29 is 0 Å². The van der Waals surface area contributed by atoms with Gasteiger partial charge in [0.15, 0.2) is 0 Å². The lowest BCUT2D eigenvalue weighted by Crippen LogP contribution is -1.98. The summed E-state index contributed by atoms with van der Waals surface area (Å²) in [5, 5.41) is 1.14. The van der Waals surface area contributed by atoms with Gasteiger partial charge < -0.3 is 0 Å². The fourth-order valence-corrected chi connectivity index (χ4v) is 3.49. The number of fused-ring (bicyclic) bond motifs is 4.